The third-order valence-corrected chi connectivity index (χ3v) is 3.19. The Bertz CT molecular complexity index is 179. The number of rotatable bonds is 3. The van der Waals surface area contributed by atoms with Crippen molar-refractivity contribution in [2.45, 2.75) is 52.6 Å². The molecule has 0 aromatic heterocycles. The molecular formula is C12H23NO. The molecule has 0 aromatic rings. The second-order valence-corrected chi connectivity index (χ2v) is 5.16. The van der Waals surface area contributed by atoms with Crippen molar-refractivity contribution in [3.8, 4) is 0 Å². The Balaban J connectivity index is 2.55. The van der Waals surface area contributed by atoms with Crippen LogP contribution in [0.25, 0.3) is 0 Å². The molecule has 1 rings (SSSR count). The maximum Gasteiger partial charge on any atom is 0.123 e. The van der Waals surface area contributed by atoms with Gasteiger partial charge in [-0.15, -0.1) is 0 Å². The van der Waals surface area contributed by atoms with E-state index in [1.54, 1.807) is 0 Å². The molecule has 2 nitrogen and oxygen atoms in total. The van der Waals surface area contributed by atoms with E-state index in [0.717, 1.165) is 25.7 Å². The SMILES string of the molecule is CC(C)CN1[C@@H](C)CC(C=O)C[C@@H]1C. The fourth-order valence-corrected chi connectivity index (χ4v) is 2.57. The second-order valence-electron chi connectivity index (χ2n) is 5.16. The molecule has 0 amide bonds. The van der Waals surface area contributed by atoms with Crippen molar-refractivity contribution in [2.24, 2.45) is 11.8 Å². The lowest BCUT2D eigenvalue weighted by Crippen LogP contribution is -2.48. The van der Waals surface area contributed by atoms with Crippen LogP contribution in [-0.4, -0.2) is 29.8 Å². The minimum atomic E-state index is 0.295. The van der Waals surface area contributed by atoms with Crippen LogP contribution in [0.1, 0.15) is 40.5 Å². The van der Waals surface area contributed by atoms with Crippen LogP contribution in [0.4, 0.5) is 0 Å². The smallest absolute Gasteiger partial charge is 0.123 e. The fraction of sp³-hybridized carbons (Fsp3) is 0.917. The van der Waals surface area contributed by atoms with E-state index < -0.39 is 0 Å². The van der Waals surface area contributed by atoms with Gasteiger partial charge in [0.2, 0.25) is 0 Å². The lowest BCUT2D eigenvalue weighted by atomic mass is 9.87. The van der Waals surface area contributed by atoms with E-state index in [2.05, 4.69) is 32.6 Å². The third kappa shape index (κ3) is 2.81. The molecule has 2 atom stereocenters. The molecule has 14 heavy (non-hydrogen) atoms. The van der Waals surface area contributed by atoms with Crippen LogP contribution in [0.3, 0.4) is 0 Å². The maximum absolute atomic E-state index is 10.8. The molecule has 0 unspecified atom stereocenters. The quantitative estimate of drug-likeness (QED) is 0.647. The van der Waals surface area contributed by atoms with Gasteiger partial charge in [0.15, 0.2) is 0 Å². The molecule has 1 aliphatic rings. The summed E-state index contributed by atoms with van der Waals surface area (Å²) in [5.74, 6) is 1.01. The molecule has 82 valence electrons. The van der Waals surface area contributed by atoms with Crippen LogP contribution in [0, 0.1) is 11.8 Å². The van der Waals surface area contributed by atoms with Crippen molar-refractivity contribution < 1.29 is 4.79 Å². The van der Waals surface area contributed by atoms with E-state index in [0.29, 0.717) is 23.9 Å². The van der Waals surface area contributed by atoms with Crippen LogP contribution >= 0.6 is 0 Å². The minimum Gasteiger partial charge on any atom is -0.303 e. The molecule has 2 heteroatoms. The lowest BCUT2D eigenvalue weighted by molar-refractivity contribution is -0.113. The van der Waals surface area contributed by atoms with Crippen molar-refractivity contribution in [1.82, 2.24) is 4.90 Å². The van der Waals surface area contributed by atoms with Gasteiger partial charge in [0.25, 0.3) is 0 Å². The van der Waals surface area contributed by atoms with Crippen LogP contribution in [0.15, 0.2) is 0 Å². The monoisotopic (exact) mass is 197 g/mol. The van der Waals surface area contributed by atoms with E-state index >= 15 is 0 Å². The van der Waals surface area contributed by atoms with Gasteiger partial charge >= 0.3 is 0 Å². The van der Waals surface area contributed by atoms with Gasteiger partial charge in [-0.1, -0.05) is 13.8 Å². The highest BCUT2D eigenvalue weighted by Gasteiger charge is 2.30. The first-order valence-electron chi connectivity index (χ1n) is 5.75. The number of hydrogen-bond donors (Lipinski definition) is 0. The number of aldehydes is 1. The second kappa shape index (κ2) is 4.92. The normalized spacial score (nSPS) is 34.8. The van der Waals surface area contributed by atoms with E-state index in [-0.39, 0.29) is 0 Å². The van der Waals surface area contributed by atoms with Gasteiger partial charge < -0.3 is 4.79 Å². The molecular weight excluding hydrogens is 174 g/mol. The van der Waals surface area contributed by atoms with Gasteiger partial charge in [-0.05, 0) is 32.6 Å². The summed E-state index contributed by atoms with van der Waals surface area (Å²) in [6, 6.07) is 1.13. The zero-order chi connectivity index (χ0) is 10.7. The highest BCUT2D eigenvalue weighted by atomic mass is 16.1. The molecule has 1 saturated heterocycles. The first kappa shape index (κ1) is 11.7. The number of carbonyl (C=O) groups is 1. The predicted molar refractivity (Wildman–Crippen MR) is 59.3 cm³/mol. The highest BCUT2D eigenvalue weighted by molar-refractivity contribution is 5.53. The average Bonchev–Trinajstić information content (AvgIpc) is 2.10. The summed E-state index contributed by atoms with van der Waals surface area (Å²) in [6.45, 7) is 10.2. The van der Waals surface area contributed by atoms with Crippen molar-refractivity contribution in [3.63, 3.8) is 0 Å². The molecule has 0 saturated carbocycles. The number of hydrogen-bond acceptors (Lipinski definition) is 2. The maximum atomic E-state index is 10.8. The molecule has 0 N–H and O–H groups in total. The summed E-state index contributed by atoms with van der Waals surface area (Å²) < 4.78 is 0. The zero-order valence-corrected chi connectivity index (χ0v) is 9.86. The average molecular weight is 197 g/mol. The Hall–Kier alpha value is -0.370. The molecule has 0 aromatic carbocycles. The topological polar surface area (TPSA) is 20.3 Å². The zero-order valence-electron chi connectivity index (χ0n) is 9.86. The van der Waals surface area contributed by atoms with Crippen molar-refractivity contribution >= 4 is 6.29 Å². The van der Waals surface area contributed by atoms with Gasteiger partial charge in [0.1, 0.15) is 6.29 Å². The Morgan fingerprint density at radius 3 is 2.14 bits per heavy atom. The highest BCUT2D eigenvalue weighted by Crippen LogP contribution is 2.26. The molecule has 0 aliphatic carbocycles. The predicted octanol–water partition coefficient (Wildman–Crippen LogP) is 2.33. The summed E-state index contributed by atoms with van der Waals surface area (Å²) in [7, 11) is 0. The van der Waals surface area contributed by atoms with E-state index in [1.165, 1.54) is 0 Å². The Labute approximate surface area is 87.7 Å². The minimum absolute atomic E-state index is 0.295. The molecule has 1 fully saturated rings. The Morgan fingerprint density at radius 1 is 1.29 bits per heavy atom. The number of likely N-dealkylation sites (tertiary alicyclic amines) is 1. The molecule has 0 spiro atoms. The number of carbonyl (C=O) groups excluding carboxylic acids is 1. The number of piperidine rings is 1. The van der Waals surface area contributed by atoms with Crippen molar-refractivity contribution in [3.05, 3.63) is 0 Å². The molecule has 0 bridgehead atoms. The van der Waals surface area contributed by atoms with Crippen molar-refractivity contribution in [2.75, 3.05) is 6.54 Å². The Morgan fingerprint density at radius 2 is 1.79 bits per heavy atom. The fourth-order valence-electron chi connectivity index (χ4n) is 2.57. The van der Waals surface area contributed by atoms with Gasteiger partial charge in [0, 0.05) is 24.5 Å². The van der Waals surface area contributed by atoms with E-state index in [9.17, 15) is 4.79 Å². The Kier molecular flexibility index (Phi) is 4.11. The summed E-state index contributed by atoms with van der Waals surface area (Å²) in [6.07, 6.45) is 3.22. The van der Waals surface area contributed by atoms with Crippen LogP contribution in [0.5, 0.6) is 0 Å². The van der Waals surface area contributed by atoms with Crippen LogP contribution in [-0.2, 0) is 4.79 Å². The van der Waals surface area contributed by atoms with Crippen molar-refractivity contribution in [1.29, 1.82) is 0 Å². The standard InChI is InChI=1S/C12H23NO/c1-9(2)7-13-10(3)5-12(8-14)6-11(13)4/h8-12H,5-7H2,1-4H3/t10-,11-/m0/s1. The first-order chi connectivity index (χ1) is 6.54. The largest absolute Gasteiger partial charge is 0.303 e. The lowest BCUT2D eigenvalue weighted by Gasteiger charge is -2.42. The van der Waals surface area contributed by atoms with Gasteiger partial charge in [-0.2, -0.15) is 0 Å². The van der Waals surface area contributed by atoms with Gasteiger partial charge in [-0.3, -0.25) is 4.90 Å². The third-order valence-electron chi connectivity index (χ3n) is 3.19. The summed E-state index contributed by atoms with van der Waals surface area (Å²) in [5, 5.41) is 0. The first-order valence-corrected chi connectivity index (χ1v) is 5.75. The summed E-state index contributed by atoms with van der Waals surface area (Å²) in [4.78, 5) is 13.3. The van der Waals surface area contributed by atoms with Crippen LogP contribution < -0.4 is 0 Å². The summed E-state index contributed by atoms with van der Waals surface area (Å²) in [5.41, 5.74) is 0. The summed E-state index contributed by atoms with van der Waals surface area (Å²) >= 11 is 0. The van der Waals surface area contributed by atoms with Gasteiger partial charge in [0.05, 0.1) is 0 Å². The molecule has 0 radical (unpaired) electrons. The molecule has 1 heterocycles. The van der Waals surface area contributed by atoms with E-state index in [4.69, 9.17) is 0 Å². The van der Waals surface area contributed by atoms with E-state index in [1.807, 2.05) is 0 Å². The molecule has 1 aliphatic heterocycles. The number of nitrogens with zero attached hydrogens (tertiary/aromatic N) is 1. The van der Waals surface area contributed by atoms with Gasteiger partial charge in [-0.25, -0.2) is 0 Å². The van der Waals surface area contributed by atoms with Crippen LogP contribution in [0.2, 0.25) is 0 Å².